The van der Waals surface area contributed by atoms with Gasteiger partial charge in [0.2, 0.25) is 0 Å². The highest BCUT2D eigenvalue weighted by molar-refractivity contribution is 5.41. The third-order valence-corrected chi connectivity index (χ3v) is 1.93. The molecule has 0 N–H and O–H groups in total. The van der Waals surface area contributed by atoms with Gasteiger partial charge >= 0.3 is 0 Å². The second kappa shape index (κ2) is 2.87. The molecule has 0 heterocycles. The largest absolute Gasteiger partial charge is 0.0874 e. The van der Waals surface area contributed by atoms with Gasteiger partial charge in [-0.2, -0.15) is 0 Å². The van der Waals surface area contributed by atoms with Crippen LogP contribution in [0.2, 0.25) is 0 Å². The van der Waals surface area contributed by atoms with E-state index in [0.29, 0.717) is 5.92 Å². The Bertz CT molecular complexity index is 204. The van der Waals surface area contributed by atoms with Gasteiger partial charge < -0.3 is 0 Å². The first-order chi connectivity index (χ1) is 4.75. The summed E-state index contributed by atoms with van der Waals surface area (Å²) in [5.74, 6) is 0.621. The second-order valence-corrected chi connectivity index (χ2v) is 2.79. The van der Waals surface area contributed by atoms with E-state index in [9.17, 15) is 0 Å². The van der Waals surface area contributed by atoms with E-state index in [1.807, 2.05) is 0 Å². The van der Waals surface area contributed by atoms with Crippen molar-refractivity contribution in [1.82, 2.24) is 0 Å². The van der Waals surface area contributed by atoms with Crippen LogP contribution in [0.15, 0.2) is 35.5 Å². The van der Waals surface area contributed by atoms with Crippen LogP contribution in [0.1, 0.15) is 20.8 Å². The highest BCUT2D eigenvalue weighted by Crippen LogP contribution is 2.25. The maximum atomic E-state index is 2.24. The molecule has 0 heteroatoms. The summed E-state index contributed by atoms with van der Waals surface area (Å²) in [6, 6.07) is 0. The molecule has 0 nitrogen and oxygen atoms in total. The minimum Gasteiger partial charge on any atom is -0.0874 e. The predicted molar refractivity (Wildman–Crippen MR) is 45.8 cm³/mol. The maximum absolute atomic E-state index is 2.24. The minimum absolute atomic E-state index is 0.621. The summed E-state index contributed by atoms with van der Waals surface area (Å²) in [5, 5.41) is 0. The van der Waals surface area contributed by atoms with Gasteiger partial charge in [0.1, 0.15) is 0 Å². The average Bonchev–Trinajstić information content (AvgIpc) is 2.20. The van der Waals surface area contributed by atoms with Crippen molar-refractivity contribution in [2.45, 2.75) is 20.8 Å². The van der Waals surface area contributed by atoms with Gasteiger partial charge in [-0.15, -0.1) is 0 Å². The van der Waals surface area contributed by atoms with Crippen molar-refractivity contribution < 1.29 is 0 Å². The van der Waals surface area contributed by atoms with Gasteiger partial charge in [0.15, 0.2) is 0 Å². The molecular weight excluding hydrogens is 120 g/mol. The Morgan fingerprint density at radius 3 is 2.60 bits per heavy atom. The number of hydrogen-bond donors (Lipinski definition) is 0. The third kappa shape index (κ3) is 1.21. The molecule has 0 bridgehead atoms. The second-order valence-electron chi connectivity index (χ2n) is 2.79. The summed E-state index contributed by atoms with van der Waals surface area (Å²) in [6.45, 7) is 6.45. The van der Waals surface area contributed by atoms with E-state index in [-0.39, 0.29) is 0 Å². The fourth-order valence-corrected chi connectivity index (χ4v) is 1.31. The zero-order valence-electron chi connectivity index (χ0n) is 6.89. The Hall–Kier alpha value is -0.780. The van der Waals surface area contributed by atoms with Crippen LogP contribution in [0, 0.1) is 5.92 Å². The number of rotatable bonds is 1. The van der Waals surface area contributed by atoms with Crippen LogP contribution < -0.4 is 0 Å². The summed E-state index contributed by atoms with van der Waals surface area (Å²) in [7, 11) is 0. The number of hydrogen-bond acceptors (Lipinski definition) is 0. The zero-order valence-corrected chi connectivity index (χ0v) is 6.89. The van der Waals surface area contributed by atoms with E-state index in [1.54, 1.807) is 0 Å². The molecule has 0 spiro atoms. The average molecular weight is 134 g/mol. The van der Waals surface area contributed by atoms with Gasteiger partial charge in [-0.05, 0) is 30.9 Å². The SMILES string of the molecule is C/C=C\C1=C(C)C=CC1C. The molecular formula is C10H14. The molecule has 0 radical (unpaired) electrons. The molecule has 1 unspecified atom stereocenters. The van der Waals surface area contributed by atoms with E-state index < -0.39 is 0 Å². The lowest BCUT2D eigenvalue weighted by Gasteiger charge is -2.02. The first kappa shape index (κ1) is 7.33. The molecule has 1 rings (SSSR count). The molecule has 0 aromatic heterocycles. The Morgan fingerprint density at radius 1 is 1.50 bits per heavy atom. The summed E-state index contributed by atoms with van der Waals surface area (Å²) in [5.41, 5.74) is 2.87. The molecule has 0 amide bonds. The lowest BCUT2D eigenvalue weighted by Crippen LogP contribution is -1.88. The minimum atomic E-state index is 0.621. The fraction of sp³-hybridized carbons (Fsp3) is 0.400. The van der Waals surface area contributed by atoms with E-state index in [1.165, 1.54) is 11.1 Å². The van der Waals surface area contributed by atoms with Crippen LogP contribution in [0.4, 0.5) is 0 Å². The van der Waals surface area contributed by atoms with Crippen molar-refractivity contribution in [3.63, 3.8) is 0 Å². The zero-order chi connectivity index (χ0) is 7.56. The smallest absolute Gasteiger partial charge is 0.000472 e. The topological polar surface area (TPSA) is 0 Å². The normalized spacial score (nSPS) is 25.3. The van der Waals surface area contributed by atoms with Gasteiger partial charge in [0.05, 0.1) is 0 Å². The molecule has 1 aliphatic carbocycles. The molecule has 1 atom stereocenters. The van der Waals surface area contributed by atoms with E-state index in [2.05, 4.69) is 45.1 Å². The van der Waals surface area contributed by atoms with Gasteiger partial charge in [0.25, 0.3) is 0 Å². The van der Waals surface area contributed by atoms with Crippen LogP contribution in [0.5, 0.6) is 0 Å². The van der Waals surface area contributed by atoms with E-state index in [4.69, 9.17) is 0 Å². The van der Waals surface area contributed by atoms with Gasteiger partial charge in [-0.1, -0.05) is 31.2 Å². The van der Waals surface area contributed by atoms with Crippen LogP contribution in [-0.2, 0) is 0 Å². The van der Waals surface area contributed by atoms with Crippen LogP contribution in [-0.4, -0.2) is 0 Å². The van der Waals surface area contributed by atoms with Crippen molar-refractivity contribution in [1.29, 1.82) is 0 Å². The Morgan fingerprint density at radius 2 is 2.20 bits per heavy atom. The molecule has 0 fully saturated rings. The third-order valence-electron chi connectivity index (χ3n) is 1.93. The van der Waals surface area contributed by atoms with Crippen molar-refractivity contribution in [2.75, 3.05) is 0 Å². The summed E-state index contributed by atoms with van der Waals surface area (Å²) >= 11 is 0. The van der Waals surface area contributed by atoms with Gasteiger partial charge in [-0.3, -0.25) is 0 Å². The van der Waals surface area contributed by atoms with Crippen LogP contribution in [0.25, 0.3) is 0 Å². The maximum Gasteiger partial charge on any atom is -0.000472 e. The molecule has 54 valence electrons. The van der Waals surface area contributed by atoms with Crippen molar-refractivity contribution in [3.8, 4) is 0 Å². The number of allylic oxidation sites excluding steroid dienone is 6. The van der Waals surface area contributed by atoms with Crippen molar-refractivity contribution >= 4 is 0 Å². The molecule has 0 saturated carbocycles. The van der Waals surface area contributed by atoms with Crippen molar-refractivity contribution in [3.05, 3.63) is 35.5 Å². The molecule has 0 aromatic rings. The molecule has 0 aliphatic heterocycles. The molecule has 0 aromatic carbocycles. The molecule has 10 heavy (non-hydrogen) atoms. The van der Waals surface area contributed by atoms with Crippen molar-refractivity contribution in [2.24, 2.45) is 5.92 Å². The van der Waals surface area contributed by atoms with E-state index in [0.717, 1.165) is 0 Å². The Labute approximate surface area is 62.9 Å². The summed E-state index contributed by atoms with van der Waals surface area (Å²) in [4.78, 5) is 0. The Balaban J connectivity index is 2.85. The Kier molecular flexibility index (Phi) is 2.10. The first-order valence-corrected chi connectivity index (χ1v) is 3.77. The van der Waals surface area contributed by atoms with Gasteiger partial charge in [-0.25, -0.2) is 0 Å². The van der Waals surface area contributed by atoms with Crippen LogP contribution in [0.3, 0.4) is 0 Å². The highest BCUT2D eigenvalue weighted by Gasteiger charge is 2.09. The van der Waals surface area contributed by atoms with Gasteiger partial charge in [0, 0.05) is 0 Å². The predicted octanol–water partition coefficient (Wildman–Crippen LogP) is 3.08. The summed E-state index contributed by atoms with van der Waals surface area (Å²) < 4.78 is 0. The summed E-state index contributed by atoms with van der Waals surface area (Å²) in [6.07, 6.45) is 8.73. The molecule has 1 aliphatic rings. The quantitative estimate of drug-likeness (QED) is 0.517. The lowest BCUT2D eigenvalue weighted by molar-refractivity contribution is 0.904. The lowest BCUT2D eigenvalue weighted by atomic mass is 10.0. The first-order valence-electron chi connectivity index (χ1n) is 3.77. The highest BCUT2D eigenvalue weighted by atomic mass is 14.1. The standard InChI is InChI=1S/C10H14/c1-4-5-10-8(2)6-7-9(10)3/h4-8H,1-3H3/b5-4-. The monoisotopic (exact) mass is 134 g/mol. The molecule has 0 saturated heterocycles. The van der Waals surface area contributed by atoms with Crippen LogP contribution >= 0.6 is 0 Å². The fourth-order valence-electron chi connectivity index (χ4n) is 1.31. The van der Waals surface area contributed by atoms with E-state index >= 15 is 0 Å².